The van der Waals surface area contributed by atoms with Gasteiger partial charge in [-0.15, -0.1) is 0 Å². The first-order chi connectivity index (χ1) is 17.1. The zero-order valence-electron chi connectivity index (χ0n) is 19.6. The molecule has 0 aliphatic rings. The van der Waals surface area contributed by atoms with E-state index in [2.05, 4.69) is 10.9 Å². The maximum atomic E-state index is 13.6. The van der Waals surface area contributed by atoms with Crippen molar-refractivity contribution < 1.29 is 19.4 Å². The summed E-state index contributed by atoms with van der Waals surface area (Å²) in [6, 6.07) is 32.6. The molecule has 4 rings (SSSR count). The Balaban J connectivity index is 1.68. The Bertz CT molecular complexity index is 1210. The van der Waals surface area contributed by atoms with Crippen molar-refractivity contribution in [3.8, 4) is 11.5 Å². The van der Waals surface area contributed by atoms with Gasteiger partial charge in [0.25, 0.3) is 5.91 Å². The lowest BCUT2D eigenvalue weighted by Gasteiger charge is -2.30. The molecule has 0 bridgehead atoms. The van der Waals surface area contributed by atoms with Gasteiger partial charge in [0.2, 0.25) is 0 Å². The van der Waals surface area contributed by atoms with Crippen LogP contribution >= 0.6 is 0 Å². The molecule has 6 heteroatoms. The molecule has 1 amide bonds. The van der Waals surface area contributed by atoms with Crippen LogP contribution in [0.25, 0.3) is 0 Å². The summed E-state index contributed by atoms with van der Waals surface area (Å²) >= 11 is 0. The summed E-state index contributed by atoms with van der Waals surface area (Å²) in [5, 5.41) is 11.7. The SMILES string of the molecule is COc1ccc(C(NNC(=O)C(O)(c2ccccc2)c2ccccc2)c2ccccc2)cc1OC. The topological polar surface area (TPSA) is 79.8 Å². The molecular weight excluding hydrogens is 440 g/mol. The molecule has 0 radical (unpaired) electrons. The predicted octanol–water partition coefficient (Wildman–Crippen LogP) is 4.35. The number of ether oxygens (including phenoxy) is 2. The maximum Gasteiger partial charge on any atom is 0.275 e. The van der Waals surface area contributed by atoms with Gasteiger partial charge in [-0.2, -0.15) is 0 Å². The van der Waals surface area contributed by atoms with Gasteiger partial charge in [0.05, 0.1) is 20.3 Å². The number of methoxy groups -OCH3 is 2. The van der Waals surface area contributed by atoms with E-state index >= 15 is 0 Å². The first-order valence-electron chi connectivity index (χ1n) is 11.2. The molecule has 0 aliphatic carbocycles. The highest BCUT2D eigenvalue weighted by atomic mass is 16.5. The third-order valence-electron chi connectivity index (χ3n) is 5.92. The summed E-state index contributed by atoms with van der Waals surface area (Å²) in [7, 11) is 3.16. The Morgan fingerprint density at radius 2 is 1.23 bits per heavy atom. The molecule has 4 aromatic carbocycles. The number of aliphatic hydroxyl groups is 1. The largest absolute Gasteiger partial charge is 0.493 e. The van der Waals surface area contributed by atoms with Crippen LogP contribution in [0, 0.1) is 0 Å². The second-order valence-electron chi connectivity index (χ2n) is 8.00. The van der Waals surface area contributed by atoms with E-state index < -0.39 is 17.6 Å². The van der Waals surface area contributed by atoms with Crippen LogP contribution in [0.1, 0.15) is 28.3 Å². The van der Waals surface area contributed by atoms with Crippen molar-refractivity contribution in [2.45, 2.75) is 11.6 Å². The number of benzene rings is 4. The van der Waals surface area contributed by atoms with Crippen molar-refractivity contribution >= 4 is 5.91 Å². The highest BCUT2D eigenvalue weighted by Crippen LogP contribution is 2.33. The number of rotatable bonds is 9. The molecule has 4 aromatic rings. The Morgan fingerprint density at radius 1 is 0.714 bits per heavy atom. The second-order valence-corrected chi connectivity index (χ2v) is 8.00. The van der Waals surface area contributed by atoms with Crippen molar-refractivity contribution in [3.63, 3.8) is 0 Å². The summed E-state index contributed by atoms with van der Waals surface area (Å²) in [5.41, 5.74) is 6.70. The lowest BCUT2D eigenvalue weighted by molar-refractivity contribution is -0.138. The Hall–Kier alpha value is -4.13. The molecule has 0 aliphatic heterocycles. The van der Waals surface area contributed by atoms with Gasteiger partial charge in [-0.1, -0.05) is 97.1 Å². The van der Waals surface area contributed by atoms with Crippen LogP contribution < -0.4 is 20.3 Å². The van der Waals surface area contributed by atoms with Crippen molar-refractivity contribution in [1.82, 2.24) is 10.9 Å². The zero-order valence-corrected chi connectivity index (χ0v) is 19.6. The molecular formula is C29H28N2O4. The zero-order chi connectivity index (χ0) is 24.7. The number of hydrazine groups is 1. The van der Waals surface area contributed by atoms with Crippen LogP contribution in [0.3, 0.4) is 0 Å². The number of carbonyl (C=O) groups is 1. The van der Waals surface area contributed by atoms with Crippen LogP contribution in [0.5, 0.6) is 11.5 Å². The molecule has 0 aromatic heterocycles. The first kappa shape index (κ1) is 24.0. The number of amides is 1. The van der Waals surface area contributed by atoms with Crippen molar-refractivity contribution in [1.29, 1.82) is 0 Å². The van der Waals surface area contributed by atoms with Gasteiger partial charge >= 0.3 is 0 Å². The average molecular weight is 469 g/mol. The minimum Gasteiger partial charge on any atom is -0.493 e. The number of carbonyl (C=O) groups excluding carboxylic acids is 1. The van der Waals surface area contributed by atoms with Gasteiger partial charge in [0.1, 0.15) is 0 Å². The monoisotopic (exact) mass is 468 g/mol. The highest BCUT2D eigenvalue weighted by molar-refractivity contribution is 5.89. The second kappa shape index (κ2) is 10.9. The van der Waals surface area contributed by atoms with E-state index in [4.69, 9.17) is 9.47 Å². The fraction of sp³-hybridized carbons (Fsp3) is 0.138. The van der Waals surface area contributed by atoms with Gasteiger partial charge in [-0.25, -0.2) is 5.43 Å². The molecule has 6 nitrogen and oxygen atoms in total. The highest BCUT2D eigenvalue weighted by Gasteiger charge is 2.40. The lowest BCUT2D eigenvalue weighted by atomic mass is 9.85. The minimum absolute atomic E-state index is 0.421. The normalized spacial score (nSPS) is 12.0. The predicted molar refractivity (Wildman–Crippen MR) is 135 cm³/mol. The Labute approximate surface area is 205 Å². The quantitative estimate of drug-likeness (QED) is 0.318. The van der Waals surface area contributed by atoms with Gasteiger partial charge in [-0.3, -0.25) is 10.2 Å². The Kier molecular flexibility index (Phi) is 7.45. The van der Waals surface area contributed by atoms with E-state index in [0.29, 0.717) is 22.6 Å². The molecule has 178 valence electrons. The minimum atomic E-state index is -1.89. The van der Waals surface area contributed by atoms with Gasteiger partial charge in [0, 0.05) is 0 Å². The molecule has 0 heterocycles. The molecule has 1 unspecified atom stereocenters. The van der Waals surface area contributed by atoms with E-state index in [1.54, 1.807) is 62.8 Å². The van der Waals surface area contributed by atoms with Crippen molar-refractivity contribution in [3.05, 3.63) is 131 Å². The lowest BCUT2D eigenvalue weighted by Crippen LogP contribution is -2.51. The van der Waals surface area contributed by atoms with Crippen LogP contribution in [0.4, 0.5) is 0 Å². The standard InChI is InChI=1S/C29H28N2O4/c1-34-25-19-18-22(20-26(25)35-2)27(21-12-6-3-7-13-21)30-31-28(32)29(33,23-14-8-4-9-15-23)24-16-10-5-11-17-24/h3-20,27,30,33H,1-2H3,(H,31,32). The summed E-state index contributed by atoms with van der Waals surface area (Å²) in [6.45, 7) is 0. The van der Waals surface area contributed by atoms with Crippen molar-refractivity contribution in [2.24, 2.45) is 0 Å². The number of hydrogen-bond acceptors (Lipinski definition) is 5. The van der Waals surface area contributed by atoms with Gasteiger partial charge in [0.15, 0.2) is 17.1 Å². The molecule has 1 atom stereocenters. The summed E-state index contributed by atoms with van der Waals surface area (Å²) in [5.74, 6) is 0.579. The molecule has 0 fully saturated rings. The third-order valence-corrected chi connectivity index (χ3v) is 5.92. The van der Waals surface area contributed by atoms with E-state index in [-0.39, 0.29) is 0 Å². The molecule has 0 saturated heterocycles. The van der Waals surface area contributed by atoms with E-state index in [9.17, 15) is 9.90 Å². The summed E-state index contributed by atoms with van der Waals surface area (Å²) < 4.78 is 10.8. The first-order valence-corrected chi connectivity index (χ1v) is 11.2. The van der Waals surface area contributed by atoms with Crippen LogP contribution in [0.15, 0.2) is 109 Å². The van der Waals surface area contributed by atoms with Gasteiger partial charge < -0.3 is 14.6 Å². The maximum absolute atomic E-state index is 13.6. The van der Waals surface area contributed by atoms with Crippen LogP contribution in [0.2, 0.25) is 0 Å². The number of hydrogen-bond donors (Lipinski definition) is 3. The third kappa shape index (κ3) is 5.04. The summed E-state index contributed by atoms with van der Waals surface area (Å²) in [4.78, 5) is 13.6. The molecule has 0 spiro atoms. The van der Waals surface area contributed by atoms with E-state index in [1.165, 1.54) is 0 Å². The van der Waals surface area contributed by atoms with Crippen molar-refractivity contribution in [2.75, 3.05) is 14.2 Å². The van der Waals surface area contributed by atoms with E-state index in [0.717, 1.165) is 11.1 Å². The van der Waals surface area contributed by atoms with Crippen LogP contribution in [-0.4, -0.2) is 25.2 Å². The van der Waals surface area contributed by atoms with E-state index in [1.807, 2.05) is 60.7 Å². The molecule has 3 N–H and O–H groups in total. The molecule has 0 saturated carbocycles. The fourth-order valence-corrected chi connectivity index (χ4v) is 4.05. The average Bonchev–Trinajstić information content (AvgIpc) is 2.94. The fourth-order valence-electron chi connectivity index (χ4n) is 4.05. The van der Waals surface area contributed by atoms with Gasteiger partial charge in [-0.05, 0) is 34.4 Å². The number of nitrogens with one attached hydrogen (secondary N) is 2. The Morgan fingerprint density at radius 3 is 1.74 bits per heavy atom. The smallest absolute Gasteiger partial charge is 0.275 e. The molecule has 35 heavy (non-hydrogen) atoms. The summed E-state index contributed by atoms with van der Waals surface area (Å²) in [6.07, 6.45) is 0. The van der Waals surface area contributed by atoms with Crippen LogP contribution in [-0.2, 0) is 10.4 Å².